The van der Waals surface area contributed by atoms with Crippen LogP contribution in [0.15, 0.2) is 30.6 Å². The second kappa shape index (κ2) is 6.10. The number of hydrogen-bond donors (Lipinski definition) is 0. The predicted octanol–water partition coefficient (Wildman–Crippen LogP) is 4.79. The van der Waals surface area contributed by atoms with E-state index in [-0.39, 0.29) is 17.3 Å². The highest BCUT2D eigenvalue weighted by molar-refractivity contribution is 5.55. The van der Waals surface area contributed by atoms with E-state index in [0.717, 1.165) is 19.4 Å². The number of fused-ring (bicyclic) bond motifs is 1. The maximum atomic E-state index is 6.39. The molecule has 0 N–H and O–H groups in total. The maximum Gasteiger partial charge on any atom is 0.161 e. The van der Waals surface area contributed by atoms with E-state index in [0.29, 0.717) is 11.8 Å². The van der Waals surface area contributed by atoms with Gasteiger partial charge in [0, 0.05) is 23.1 Å². The Morgan fingerprint density at radius 1 is 1.08 bits per heavy atom. The number of pyridine rings is 1. The fraction of sp³-hybridized carbons (Fsp3) is 0.667. The molecule has 0 aromatic carbocycles. The van der Waals surface area contributed by atoms with E-state index in [1.54, 1.807) is 0 Å². The molecular weight excluding hydrogens is 312 g/mol. The van der Waals surface area contributed by atoms with Gasteiger partial charge in [0.25, 0.3) is 0 Å². The summed E-state index contributed by atoms with van der Waals surface area (Å²) >= 11 is 0. The lowest BCUT2D eigenvalue weighted by molar-refractivity contribution is -0.313. The largest absolute Gasteiger partial charge is 0.352 e. The quantitative estimate of drug-likeness (QED) is 0.787. The van der Waals surface area contributed by atoms with Gasteiger partial charge >= 0.3 is 0 Å². The summed E-state index contributed by atoms with van der Waals surface area (Å²) in [5, 5.41) is 4.50. The third-order valence-electron chi connectivity index (χ3n) is 6.70. The van der Waals surface area contributed by atoms with Gasteiger partial charge in [-0.3, -0.25) is 0 Å². The van der Waals surface area contributed by atoms with Crippen molar-refractivity contribution in [2.45, 2.75) is 71.2 Å². The number of hydrogen-bond acceptors (Lipinski definition) is 3. The molecule has 4 rings (SSSR count). The Morgan fingerprint density at radius 2 is 1.84 bits per heavy atom. The standard InChI is InChI=1S/C21H30N2O2/c1-20(2)14-24-19(25-21(20,3)4)16-10-8-15(9-11-16)17-13-22-23-12-6-5-7-18(17)23/h5-7,12-13,15-16,19H,8-11,14H2,1-4H3. The second-order valence-electron chi connectivity index (χ2n) is 8.93. The van der Waals surface area contributed by atoms with E-state index in [2.05, 4.69) is 51.1 Å². The van der Waals surface area contributed by atoms with Crippen molar-refractivity contribution in [3.63, 3.8) is 0 Å². The molecule has 1 aliphatic heterocycles. The van der Waals surface area contributed by atoms with Crippen LogP contribution in [0, 0.1) is 11.3 Å². The van der Waals surface area contributed by atoms with Gasteiger partial charge in [0.05, 0.1) is 23.9 Å². The molecule has 1 saturated heterocycles. The molecule has 4 nitrogen and oxygen atoms in total. The monoisotopic (exact) mass is 342 g/mol. The van der Waals surface area contributed by atoms with Crippen LogP contribution in [-0.4, -0.2) is 28.1 Å². The number of aromatic nitrogens is 2. The molecule has 2 aliphatic rings. The Hall–Kier alpha value is -1.39. The summed E-state index contributed by atoms with van der Waals surface area (Å²) in [7, 11) is 0. The smallest absolute Gasteiger partial charge is 0.161 e. The first-order valence-corrected chi connectivity index (χ1v) is 9.59. The van der Waals surface area contributed by atoms with Crippen LogP contribution in [0.4, 0.5) is 0 Å². The summed E-state index contributed by atoms with van der Waals surface area (Å²) in [5.41, 5.74) is 2.55. The first kappa shape index (κ1) is 17.0. The van der Waals surface area contributed by atoms with Crippen molar-refractivity contribution >= 4 is 5.52 Å². The van der Waals surface area contributed by atoms with E-state index in [1.165, 1.54) is 23.9 Å². The number of ether oxygens (including phenoxy) is 2. The zero-order chi connectivity index (χ0) is 17.7. The first-order valence-electron chi connectivity index (χ1n) is 9.59. The van der Waals surface area contributed by atoms with Gasteiger partial charge in [0.15, 0.2) is 6.29 Å². The highest BCUT2D eigenvalue weighted by atomic mass is 16.7. The Morgan fingerprint density at radius 3 is 2.56 bits per heavy atom. The zero-order valence-corrected chi connectivity index (χ0v) is 15.9. The molecule has 1 unspecified atom stereocenters. The van der Waals surface area contributed by atoms with Crippen molar-refractivity contribution in [3.05, 3.63) is 36.2 Å². The molecule has 2 aromatic heterocycles. The Bertz CT molecular complexity index is 741. The van der Waals surface area contributed by atoms with E-state index >= 15 is 0 Å². The van der Waals surface area contributed by atoms with Gasteiger partial charge in [0.2, 0.25) is 0 Å². The molecule has 3 heterocycles. The van der Waals surface area contributed by atoms with Crippen molar-refractivity contribution in [2.24, 2.45) is 11.3 Å². The minimum atomic E-state index is -0.144. The van der Waals surface area contributed by atoms with Gasteiger partial charge in [0.1, 0.15) is 0 Å². The minimum absolute atomic E-state index is 0.0483. The second-order valence-corrected chi connectivity index (χ2v) is 8.93. The highest BCUT2D eigenvalue weighted by Crippen LogP contribution is 2.45. The van der Waals surface area contributed by atoms with Crippen LogP contribution in [0.2, 0.25) is 0 Å². The number of nitrogens with zero attached hydrogens (tertiary/aromatic N) is 2. The molecule has 0 spiro atoms. The third kappa shape index (κ3) is 3.00. The summed E-state index contributed by atoms with van der Waals surface area (Å²) in [5.74, 6) is 1.11. The normalized spacial score (nSPS) is 31.9. The van der Waals surface area contributed by atoms with Crippen LogP contribution >= 0.6 is 0 Å². The molecule has 0 radical (unpaired) electrons. The molecule has 4 heteroatoms. The Kier molecular flexibility index (Phi) is 4.16. The molecule has 25 heavy (non-hydrogen) atoms. The van der Waals surface area contributed by atoms with Crippen molar-refractivity contribution in [1.29, 1.82) is 0 Å². The average molecular weight is 342 g/mol. The number of rotatable bonds is 2. The molecule has 1 saturated carbocycles. The van der Waals surface area contributed by atoms with E-state index < -0.39 is 0 Å². The van der Waals surface area contributed by atoms with Gasteiger partial charge in [-0.05, 0) is 57.6 Å². The van der Waals surface area contributed by atoms with Crippen molar-refractivity contribution < 1.29 is 9.47 Å². The van der Waals surface area contributed by atoms with Gasteiger partial charge < -0.3 is 9.47 Å². The van der Waals surface area contributed by atoms with Crippen LogP contribution in [0.25, 0.3) is 5.52 Å². The fourth-order valence-electron chi connectivity index (χ4n) is 4.15. The predicted molar refractivity (Wildman–Crippen MR) is 98.6 cm³/mol. The molecule has 1 atom stereocenters. The van der Waals surface area contributed by atoms with Crippen molar-refractivity contribution in [3.8, 4) is 0 Å². The highest BCUT2D eigenvalue weighted by Gasteiger charge is 2.46. The molecule has 0 bridgehead atoms. The van der Waals surface area contributed by atoms with Crippen LogP contribution in [-0.2, 0) is 9.47 Å². The Balaban J connectivity index is 1.42. The SMILES string of the molecule is CC1(C)COC(C2CCC(c3cnn4ccccc34)CC2)OC1(C)C. The van der Waals surface area contributed by atoms with E-state index in [4.69, 9.17) is 9.47 Å². The van der Waals surface area contributed by atoms with Gasteiger partial charge in [-0.25, -0.2) is 4.52 Å². The van der Waals surface area contributed by atoms with Crippen LogP contribution in [0.3, 0.4) is 0 Å². The maximum absolute atomic E-state index is 6.39. The Labute approximate surface area is 150 Å². The van der Waals surface area contributed by atoms with Gasteiger partial charge in [-0.1, -0.05) is 19.9 Å². The molecule has 2 fully saturated rings. The van der Waals surface area contributed by atoms with Crippen LogP contribution in [0.1, 0.15) is 64.9 Å². The molecule has 136 valence electrons. The van der Waals surface area contributed by atoms with E-state index in [9.17, 15) is 0 Å². The topological polar surface area (TPSA) is 35.8 Å². The summed E-state index contributed by atoms with van der Waals surface area (Å²) in [6.07, 6.45) is 8.73. The molecule has 1 aliphatic carbocycles. The minimum Gasteiger partial charge on any atom is -0.352 e. The van der Waals surface area contributed by atoms with Gasteiger partial charge in [-0.15, -0.1) is 0 Å². The average Bonchev–Trinajstić information content (AvgIpc) is 3.02. The summed E-state index contributed by atoms with van der Waals surface area (Å²) in [4.78, 5) is 0. The van der Waals surface area contributed by atoms with Crippen LogP contribution in [0.5, 0.6) is 0 Å². The van der Waals surface area contributed by atoms with Crippen molar-refractivity contribution in [1.82, 2.24) is 9.61 Å². The van der Waals surface area contributed by atoms with E-state index in [1.807, 2.05) is 16.8 Å². The first-order chi connectivity index (χ1) is 11.9. The third-order valence-corrected chi connectivity index (χ3v) is 6.70. The van der Waals surface area contributed by atoms with Crippen LogP contribution < -0.4 is 0 Å². The lowest BCUT2D eigenvalue weighted by Gasteiger charge is -2.50. The fourth-order valence-corrected chi connectivity index (χ4v) is 4.15. The molecule has 2 aromatic rings. The van der Waals surface area contributed by atoms with Crippen molar-refractivity contribution in [2.75, 3.05) is 6.61 Å². The zero-order valence-electron chi connectivity index (χ0n) is 15.9. The lowest BCUT2D eigenvalue weighted by atomic mass is 9.75. The summed E-state index contributed by atoms with van der Waals surface area (Å²) < 4.78 is 14.5. The summed E-state index contributed by atoms with van der Waals surface area (Å²) in [6, 6.07) is 6.30. The molecular formula is C21H30N2O2. The summed E-state index contributed by atoms with van der Waals surface area (Å²) in [6.45, 7) is 9.63. The lowest BCUT2D eigenvalue weighted by Crippen LogP contribution is -2.54. The van der Waals surface area contributed by atoms with Gasteiger partial charge in [-0.2, -0.15) is 5.10 Å². The molecule has 0 amide bonds.